The molecule has 8 heteroatoms. The van der Waals surface area contributed by atoms with Crippen LogP contribution in [0.2, 0.25) is 5.02 Å². The molecule has 1 N–H and O–H groups in total. The van der Waals surface area contributed by atoms with Gasteiger partial charge in [-0.25, -0.2) is 0 Å². The lowest BCUT2D eigenvalue weighted by Crippen LogP contribution is -2.33. The first-order valence-electron chi connectivity index (χ1n) is 11.0. The van der Waals surface area contributed by atoms with Crippen molar-refractivity contribution in [3.05, 3.63) is 118 Å². The molecule has 0 aliphatic heterocycles. The molecule has 0 spiro atoms. The molecule has 3 aromatic carbocycles. The highest BCUT2D eigenvalue weighted by Gasteiger charge is 2.22. The number of amides is 1. The highest BCUT2D eigenvalue weighted by molar-refractivity contribution is 8.03. The molecule has 0 unspecified atom stereocenters. The summed E-state index contributed by atoms with van der Waals surface area (Å²) in [4.78, 5) is 37.4. The summed E-state index contributed by atoms with van der Waals surface area (Å²) in [5.74, 6) is 0.332. The number of nitrogens with one attached hydrogen (secondary N) is 1. The van der Waals surface area contributed by atoms with E-state index in [0.29, 0.717) is 33.8 Å². The van der Waals surface area contributed by atoms with Crippen LogP contribution >= 0.6 is 23.4 Å². The molecule has 0 saturated carbocycles. The van der Waals surface area contributed by atoms with E-state index in [1.807, 2.05) is 42.5 Å². The average molecular weight is 520 g/mol. The molecule has 6 nitrogen and oxygen atoms in total. The summed E-state index contributed by atoms with van der Waals surface area (Å²) < 4.78 is 11.2. The van der Waals surface area contributed by atoms with Crippen LogP contribution < -0.4 is 14.8 Å². The van der Waals surface area contributed by atoms with E-state index < -0.39 is 11.7 Å². The number of thioether (sulfide) groups is 1. The zero-order valence-electron chi connectivity index (χ0n) is 19.1. The van der Waals surface area contributed by atoms with Crippen molar-refractivity contribution >= 4 is 40.8 Å². The standard InChI is InChI=1S/C28H22ClNO5S/c29-21-8-6-20(7-9-21)18-36-27-15-25(31)24(14-26(27)32)30-28(33)17-35-23-12-10-22(11-13-23)34-16-19-4-2-1-3-5-19/h1-15H,16-18H2,(H,30,33). The van der Waals surface area contributed by atoms with Gasteiger partial charge < -0.3 is 14.8 Å². The lowest BCUT2D eigenvalue weighted by atomic mass is 10.1. The van der Waals surface area contributed by atoms with Crippen LogP contribution in [0, 0.1) is 0 Å². The number of benzene rings is 3. The number of carbonyl (C=O) groups excluding carboxylic acids is 3. The fourth-order valence-electron chi connectivity index (χ4n) is 3.20. The van der Waals surface area contributed by atoms with Gasteiger partial charge in [-0.15, -0.1) is 11.8 Å². The van der Waals surface area contributed by atoms with Gasteiger partial charge in [0.15, 0.2) is 12.4 Å². The number of carbonyl (C=O) groups is 3. The second-order valence-corrected chi connectivity index (χ2v) is 9.25. The molecule has 0 heterocycles. The summed E-state index contributed by atoms with van der Waals surface area (Å²) in [7, 11) is 0. The molecule has 1 amide bonds. The van der Waals surface area contributed by atoms with Crippen LogP contribution in [0.15, 0.2) is 102 Å². The second-order valence-electron chi connectivity index (χ2n) is 7.79. The van der Waals surface area contributed by atoms with Gasteiger partial charge in [-0.2, -0.15) is 0 Å². The quantitative estimate of drug-likeness (QED) is 0.368. The molecule has 4 rings (SSSR count). The van der Waals surface area contributed by atoms with Crippen molar-refractivity contribution in [2.45, 2.75) is 12.4 Å². The maximum Gasteiger partial charge on any atom is 0.262 e. The Labute approximate surface area is 217 Å². The van der Waals surface area contributed by atoms with Crippen molar-refractivity contribution in [2.24, 2.45) is 0 Å². The third-order valence-electron chi connectivity index (χ3n) is 5.07. The van der Waals surface area contributed by atoms with Gasteiger partial charge in [0.2, 0.25) is 5.78 Å². The average Bonchev–Trinajstić information content (AvgIpc) is 2.89. The molecule has 0 saturated heterocycles. The number of allylic oxidation sites excluding steroid dienone is 3. The molecule has 0 atom stereocenters. The number of halogens is 1. The Bertz CT molecular complexity index is 1300. The molecule has 182 valence electrons. The summed E-state index contributed by atoms with van der Waals surface area (Å²) in [5.41, 5.74) is 1.96. The van der Waals surface area contributed by atoms with E-state index >= 15 is 0 Å². The summed E-state index contributed by atoms with van der Waals surface area (Å²) in [6, 6.07) is 23.9. The lowest BCUT2D eigenvalue weighted by molar-refractivity contribution is -0.124. The first-order valence-corrected chi connectivity index (χ1v) is 12.4. The minimum Gasteiger partial charge on any atom is -0.489 e. The molecule has 0 bridgehead atoms. The lowest BCUT2D eigenvalue weighted by Gasteiger charge is -2.13. The minimum atomic E-state index is -0.544. The number of ether oxygens (including phenoxy) is 2. The van der Waals surface area contributed by atoms with Crippen LogP contribution in [-0.4, -0.2) is 24.1 Å². The number of ketones is 2. The first-order chi connectivity index (χ1) is 17.5. The van der Waals surface area contributed by atoms with Crippen molar-refractivity contribution in [3.8, 4) is 11.5 Å². The van der Waals surface area contributed by atoms with Crippen LogP contribution in [0.4, 0.5) is 0 Å². The first kappa shape index (κ1) is 25.3. The molecular formula is C28H22ClNO5S. The van der Waals surface area contributed by atoms with Gasteiger partial charge in [0, 0.05) is 22.9 Å². The summed E-state index contributed by atoms with van der Waals surface area (Å²) in [6.45, 7) is 0.131. The van der Waals surface area contributed by atoms with E-state index in [2.05, 4.69) is 5.32 Å². The smallest absolute Gasteiger partial charge is 0.262 e. The Balaban J connectivity index is 1.22. The van der Waals surface area contributed by atoms with E-state index in [0.717, 1.165) is 17.2 Å². The normalized spacial score (nSPS) is 13.0. The predicted molar refractivity (Wildman–Crippen MR) is 140 cm³/mol. The van der Waals surface area contributed by atoms with Crippen molar-refractivity contribution in [3.63, 3.8) is 0 Å². The fraction of sp³-hybridized carbons (Fsp3) is 0.107. The van der Waals surface area contributed by atoms with Crippen LogP contribution in [0.5, 0.6) is 11.5 Å². The monoisotopic (exact) mass is 519 g/mol. The van der Waals surface area contributed by atoms with E-state index in [-0.39, 0.29) is 18.1 Å². The highest BCUT2D eigenvalue weighted by atomic mass is 35.5. The Morgan fingerprint density at radius 2 is 1.44 bits per heavy atom. The van der Waals surface area contributed by atoms with Crippen LogP contribution in [0.1, 0.15) is 11.1 Å². The molecule has 1 aliphatic rings. The molecular weight excluding hydrogens is 498 g/mol. The number of hydrogen-bond acceptors (Lipinski definition) is 6. The molecule has 1 aliphatic carbocycles. The van der Waals surface area contributed by atoms with Crippen molar-refractivity contribution < 1.29 is 23.9 Å². The zero-order chi connectivity index (χ0) is 25.3. The number of rotatable bonds is 10. The SMILES string of the molecule is O=C(COc1ccc(OCc2ccccc2)cc1)NC1=CC(=O)C(SCc2ccc(Cl)cc2)=CC1=O. The Kier molecular flexibility index (Phi) is 8.60. The Morgan fingerprint density at radius 3 is 2.14 bits per heavy atom. The molecule has 0 radical (unpaired) electrons. The van der Waals surface area contributed by atoms with E-state index in [9.17, 15) is 14.4 Å². The Hall–Kier alpha value is -3.81. The van der Waals surface area contributed by atoms with Crippen molar-refractivity contribution in [1.82, 2.24) is 5.32 Å². The van der Waals surface area contributed by atoms with Crippen LogP contribution in [-0.2, 0) is 26.7 Å². The van der Waals surface area contributed by atoms with E-state index in [4.69, 9.17) is 21.1 Å². The van der Waals surface area contributed by atoms with Gasteiger partial charge in [-0.1, -0.05) is 54.1 Å². The Morgan fingerprint density at radius 1 is 0.778 bits per heavy atom. The van der Waals surface area contributed by atoms with Gasteiger partial charge in [0.1, 0.15) is 18.1 Å². The van der Waals surface area contributed by atoms with Gasteiger partial charge in [-0.3, -0.25) is 14.4 Å². The van der Waals surface area contributed by atoms with Gasteiger partial charge in [0.05, 0.1) is 10.6 Å². The predicted octanol–water partition coefficient (Wildman–Crippen LogP) is 5.27. The second kappa shape index (κ2) is 12.2. The van der Waals surface area contributed by atoms with Crippen molar-refractivity contribution in [1.29, 1.82) is 0 Å². The minimum absolute atomic E-state index is 0.0749. The van der Waals surface area contributed by atoms with Gasteiger partial charge in [0.25, 0.3) is 5.91 Å². The molecule has 0 fully saturated rings. The summed E-state index contributed by atoms with van der Waals surface area (Å²) in [5, 5.41) is 3.08. The maximum absolute atomic E-state index is 12.4. The highest BCUT2D eigenvalue weighted by Crippen LogP contribution is 2.26. The van der Waals surface area contributed by atoms with Crippen molar-refractivity contribution in [2.75, 3.05) is 6.61 Å². The number of hydrogen-bond donors (Lipinski definition) is 1. The molecule has 36 heavy (non-hydrogen) atoms. The summed E-state index contributed by atoms with van der Waals surface area (Å²) in [6.07, 6.45) is 2.39. The molecule has 3 aromatic rings. The van der Waals surface area contributed by atoms with E-state index in [1.54, 1.807) is 36.4 Å². The summed E-state index contributed by atoms with van der Waals surface area (Å²) >= 11 is 7.14. The van der Waals surface area contributed by atoms with Crippen LogP contribution in [0.25, 0.3) is 0 Å². The topological polar surface area (TPSA) is 81.7 Å². The van der Waals surface area contributed by atoms with Crippen LogP contribution in [0.3, 0.4) is 0 Å². The maximum atomic E-state index is 12.4. The van der Waals surface area contributed by atoms with E-state index in [1.165, 1.54) is 17.8 Å². The largest absolute Gasteiger partial charge is 0.489 e. The molecule has 0 aromatic heterocycles. The third-order valence-corrected chi connectivity index (χ3v) is 6.43. The van der Waals surface area contributed by atoms with Gasteiger partial charge in [-0.05, 0) is 47.5 Å². The van der Waals surface area contributed by atoms with Gasteiger partial charge >= 0.3 is 0 Å². The fourth-order valence-corrected chi connectivity index (χ4v) is 4.23. The zero-order valence-corrected chi connectivity index (χ0v) is 20.7. The third kappa shape index (κ3) is 7.34.